The summed E-state index contributed by atoms with van der Waals surface area (Å²) < 4.78 is 33.9. The number of thiophene rings is 1. The molecule has 0 spiro atoms. The lowest BCUT2D eigenvalue weighted by molar-refractivity contribution is -0.192. The Labute approximate surface area is 210 Å². The Hall–Kier alpha value is -3.66. The number of fused-ring (bicyclic) bond motifs is 1. The first kappa shape index (κ1) is 26.9. The fourth-order valence-electron chi connectivity index (χ4n) is 3.40. The molecule has 190 valence electrons. The van der Waals surface area contributed by atoms with Gasteiger partial charge in [0.2, 0.25) is 0 Å². The molecule has 3 heterocycles. The SMILES string of the molecule is CCCCNc1c(-c2cccc(-c3cc(C(C)=O)cs3)c2)nc2ccc(C)cn12.O=C(O)C(F)(F)F. The first-order chi connectivity index (χ1) is 17.0. The van der Waals surface area contributed by atoms with Crippen LogP contribution in [0.25, 0.3) is 27.3 Å². The number of hydrogen-bond acceptors (Lipinski definition) is 5. The highest BCUT2D eigenvalue weighted by molar-refractivity contribution is 7.13. The van der Waals surface area contributed by atoms with Gasteiger partial charge in [0.25, 0.3) is 0 Å². The average Bonchev–Trinajstić information content (AvgIpc) is 3.45. The number of aromatic nitrogens is 2. The third-order valence-corrected chi connectivity index (χ3v) is 6.24. The van der Waals surface area contributed by atoms with Crippen molar-refractivity contribution in [1.82, 2.24) is 9.38 Å². The van der Waals surface area contributed by atoms with Crippen molar-refractivity contribution in [2.24, 2.45) is 0 Å². The van der Waals surface area contributed by atoms with E-state index >= 15 is 0 Å². The maximum Gasteiger partial charge on any atom is 0.490 e. The molecule has 0 atom stereocenters. The van der Waals surface area contributed by atoms with Crippen molar-refractivity contribution in [2.75, 3.05) is 11.9 Å². The number of alkyl halides is 3. The predicted octanol–water partition coefficient (Wildman–Crippen LogP) is 7.09. The van der Waals surface area contributed by atoms with Gasteiger partial charge in [-0.1, -0.05) is 37.6 Å². The Kier molecular flexibility index (Phi) is 8.52. The Morgan fingerprint density at radius 2 is 1.83 bits per heavy atom. The lowest BCUT2D eigenvalue weighted by atomic mass is 10.1. The summed E-state index contributed by atoms with van der Waals surface area (Å²) in [4.78, 5) is 26.6. The number of aryl methyl sites for hydroxylation is 1. The van der Waals surface area contributed by atoms with Crippen molar-refractivity contribution in [1.29, 1.82) is 0 Å². The fourth-order valence-corrected chi connectivity index (χ4v) is 4.34. The molecule has 3 aromatic heterocycles. The lowest BCUT2D eigenvalue weighted by Gasteiger charge is -2.09. The molecule has 0 saturated heterocycles. The number of Topliss-reactive ketones (excluding diaryl/α,β-unsaturated/α-hetero) is 1. The summed E-state index contributed by atoms with van der Waals surface area (Å²) in [5, 5.41) is 12.7. The van der Waals surface area contributed by atoms with Crippen molar-refractivity contribution in [3.05, 3.63) is 65.2 Å². The first-order valence-electron chi connectivity index (χ1n) is 11.2. The zero-order chi connectivity index (χ0) is 26.5. The minimum Gasteiger partial charge on any atom is -0.475 e. The van der Waals surface area contributed by atoms with Crippen LogP contribution < -0.4 is 5.32 Å². The van der Waals surface area contributed by atoms with Crippen molar-refractivity contribution in [3.63, 3.8) is 0 Å². The molecule has 0 amide bonds. The number of anilines is 1. The molecule has 6 nitrogen and oxygen atoms in total. The Balaban J connectivity index is 0.000000454. The van der Waals surface area contributed by atoms with Gasteiger partial charge in [-0.05, 0) is 49.6 Å². The summed E-state index contributed by atoms with van der Waals surface area (Å²) in [6.07, 6.45) is -0.700. The van der Waals surface area contributed by atoms with Crippen LogP contribution in [-0.2, 0) is 4.79 Å². The van der Waals surface area contributed by atoms with E-state index in [-0.39, 0.29) is 5.78 Å². The zero-order valence-electron chi connectivity index (χ0n) is 20.0. The molecule has 0 unspecified atom stereocenters. The molecule has 0 aliphatic rings. The number of nitrogens with zero attached hydrogens (tertiary/aromatic N) is 2. The molecule has 1 aromatic carbocycles. The van der Waals surface area contributed by atoms with E-state index in [1.54, 1.807) is 18.3 Å². The summed E-state index contributed by atoms with van der Waals surface area (Å²) in [7, 11) is 0. The normalized spacial score (nSPS) is 11.2. The van der Waals surface area contributed by atoms with Crippen LogP contribution in [0.5, 0.6) is 0 Å². The topological polar surface area (TPSA) is 83.7 Å². The van der Waals surface area contributed by atoms with Crippen LogP contribution in [0.1, 0.15) is 42.6 Å². The number of ketones is 1. The molecule has 0 radical (unpaired) electrons. The molecule has 4 aromatic rings. The van der Waals surface area contributed by atoms with Crippen LogP contribution in [0.4, 0.5) is 19.0 Å². The van der Waals surface area contributed by atoms with Gasteiger partial charge in [-0.3, -0.25) is 9.20 Å². The van der Waals surface area contributed by atoms with Gasteiger partial charge < -0.3 is 10.4 Å². The molecule has 0 fully saturated rings. The molecule has 2 N–H and O–H groups in total. The van der Waals surface area contributed by atoms with Gasteiger partial charge in [0, 0.05) is 34.1 Å². The Morgan fingerprint density at radius 3 is 2.44 bits per heavy atom. The van der Waals surface area contributed by atoms with Gasteiger partial charge in [0.1, 0.15) is 17.2 Å². The number of carbonyl (C=O) groups excluding carboxylic acids is 1. The van der Waals surface area contributed by atoms with Gasteiger partial charge in [0.15, 0.2) is 5.78 Å². The predicted molar refractivity (Wildman–Crippen MR) is 136 cm³/mol. The monoisotopic (exact) mass is 517 g/mol. The zero-order valence-corrected chi connectivity index (χ0v) is 20.8. The molecular formula is C26H26F3N3O3S. The number of carboxylic acids is 1. The number of rotatable bonds is 7. The second-order valence-electron chi connectivity index (χ2n) is 8.16. The maximum absolute atomic E-state index is 11.7. The standard InChI is InChI=1S/C24H25N3OS.C2HF3O2/c1-4-5-11-25-24-23(26-22-10-9-16(2)14-27(22)24)19-8-6-7-18(12-19)21-13-20(15-29-21)17(3)28;3-2(4,5)1(6)7/h6-10,12-15,25H,4-5,11H2,1-3H3;(H,6,7). The number of imidazole rings is 1. The number of carbonyl (C=O) groups is 2. The van der Waals surface area contributed by atoms with E-state index in [2.05, 4.69) is 66.2 Å². The number of aliphatic carboxylic acids is 1. The van der Waals surface area contributed by atoms with Gasteiger partial charge in [-0.25, -0.2) is 9.78 Å². The van der Waals surface area contributed by atoms with E-state index in [0.29, 0.717) is 0 Å². The van der Waals surface area contributed by atoms with E-state index in [1.807, 2.05) is 11.4 Å². The number of unbranched alkanes of at least 4 members (excludes halogenated alkanes) is 1. The average molecular weight is 518 g/mol. The highest BCUT2D eigenvalue weighted by atomic mass is 32.1. The second kappa shape index (κ2) is 11.4. The summed E-state index contributed by atoms with van der Waals surface area (Å²) in [6.45, 7) is 6.81. The van der Waals surface area contributed by atoms with E-state index < -0.39 is 12.1 Å². The van der Waals surface area contributed by atoms with Gasteiger partial charge in [-0.2, -0.15) is 13.2 Å². The highest BCUT2D eigenvalue weighted by Crippen LogP contribution is 2.34. The summed E-state index contributed by atoms with van der Waals surface area (Å²) in [5.41, 5.74) is 6.03. The number of carboxylic acid groups (broad SMARTS) is 1. The van der Waals surface area contributed by atoms with E-state index in [1.165, 1.54) is 5.56 Å². The summed E-state index contributed by atoms with van der Waals surface area (Å²) in [6, 6.07) is 14.5. The molecule has 36 heavy (non-hydrogen) atoms. The van der Waals surface area contributed by atoms with Crippen LogP contribution in [0.15, 0.2) is 54.0 Å². The molecular weight excluding hydrogens is 491 g/mol. The molecule has 0 bridgehead atoms. The van der Waals surface area contributed by atoms with Gasteiger partial charge in [0.05, 0.1) is 0 Å². The van der Waals surface area contributed by atoms with Crippen LogP contribution in [-0.4, -0.2) is 39.0 Å². The quantitative estimate of drug-likeness (QED) is 0.202. The molecule has 0 aliphatic heterocycles. The Morgan fingerprint density at radius 1 is 1.14 bits per heavy atom. The molecule has 0 aliphatic carbocycles. The molecule has 10 heteroatoms. The number of benzene rings is 1. The third-order valence-electron chi connectivity index (χ3n) is 5.26. The number of halogens is 3. The van der Waals surface area contributed by atoms with Crippen molar-refractivity contribution in [2.45, 2.75) is 39.8 Å². The smallest absolute Gasteiger partial charge is 0.475 e. The van der Waals surface area contributed by atoms with Crippen molar-refractivity contribution in [3.8, 4) is 21.7 Å². The van der Waals surface area contributed by atoms with Crippen molar-refractivity contribution >= 4 is 34.6 Å². The molecule has 4 rings (SSSR count). The van der Waals surface area contributed by atoms with Gasteiger partial charge >= 0.3 is 12.1 Å². The lowest BCUT2D eigenvalue weighted by Crippen LogP contribution is -2.21. The fraction of sp³-hybridized carbons (Fsp3) is 0.269. The van der Waals surface area contributed by atoms with Crippen molar-refractivity contribution < 1.29 is 27.9 Å². The van der Waals surface area contributed by atoms with E-state index in [0.717, 1.165) is 58.1 Å². The largest absolute Gasteiger partial charge is 0.490 e. The van der Waals surface area contributed by atoms with Crippen LogP contribution in [0, 0.1) is 6.92 Å². The third kappa shape index (κ3) is 6.51. The molecule has 0 saturated carbocycles. The minimum atomic E-state index is -5.08. The van der Waals surface area contributed by atoms with Crippen LogP contribution in [0.2, 0.25) is 0 Å². The number of hydrogen-bond donors (Lipinski definition) is 2. The van der Waals surface area contributed by atoms with Crippen LogP contribution >= 0.6 is 11.3 Å². The highest BCUT2D eigenvalue weighted by Gasteiger charge is 2.38. The van der Waals surface area contributed by atoms with Gasteiger partial charge in [-0.15, -0.1) is 11.3 Å². The van der Waals surface area contributed by atoms with Crippen LogP contribution in [0.3, 0.4) is 0 Å². The number of nitrogens with one attached hydrogen (secondary N) is 1. The second-order valence-corrected chi connectivity index (χ2v) is 9.07. The maximum atomic E-state index is 11.7. The number of pyridine rings is 1. The first-order valence-corrected chi connectivity index (χ1v) is 12.1. The summed E-state index contributed by atoms with van der Waals surface area (Å²) >= 11 is 1.60. The summed E-state index contributed by atoms with van der Waals surface area (Å²) in [5.74, 6) is -1.63. The minimum absolute atomic E-state index is 0.0989. The van der Waals surface area contributed by atoms with E-state index in [4.69, 9.17) is 14.9 Å². The van der Waals surface area contributed by atoms with E-state index in [9.17, 15) is 18.0 Å². The Bertz CT molecular complexity index is 1380.